The van der Waals surface area contributed by atoms with Crippen molar-refractivity contribution in [3.63, 3.8) is 0 Å². The number of aromatic amines is 1. The molecule has 10 heteroatoms. The molecular formula is C11H12ClN3O4S2. The first-order valence-corrected chi connectivity index (χ1v) is 8.42. The standard InChI is InChI=1S/C11H12ClN3O4S2/c1-5-9(6(2)14-13-5)10(11(16)17)15-21(18,19)8-4-3-7(12)20-8/h3-4,10,15H,1-2H3,(H,13,14)(H,16,17)/t10-/m1/s1. The average molecular weight is 350 g/mol. The summed E-state index contributed by atoms with van der Waals surface area (Å²) in [6.45, 7) is 3.23. The smallest absolute Gasteiger partial charge is 0.326 e. The largest absolute Gasteiger partial charge is 0.480 e. The normalized spacial score (nSPS) is 13.3. The predicted octanol–water partition coefficient (Wildman–Crippen LogP) is 1.85. The van der Waals surface area contributed by atoms with E-state index in [1.165, 1.54) is 12.1 Å². The van der Waals surface area contributed by atoms with E-state index in [1.807, 2.05) is 0 Å². The highest BCUT2D eigenvalue weighted by Gasteiger charge is 2.31. The summed E-state index contributed by atoms with van der Waals surface area (Å²) in [5.41, 5.74) is 1.22. The first kappa shape index (κ1) is 16.0. The van der Waals surface area contributed by atoms with Crippen LogP contribution >= 0.6 is 22.9 Å². The third-order valence-electron chi connectivity index (χ3n) is 2.81. The number of halogens is 1. The first-order valence-electron chi connectivity index (χ1n) is 5.74. The fourth-order valence-electron chi connectivity index (χ4n) is 1.87. The number of rotatable bonds is 5. The molecule has 0 aliphatic heterocycles. The summed E-state index contributed by atoms with van der Waals surface area (Å²) in [5, 5.41) is 15.8. The minimum absolute atomic E-state index is 0.0439. The highest BCUT2D eigenvalue weighted by atomic mass is 35.5. The molecule has 0 aliphatic carbocycles. The Labute approximate surface area is 130 Å². The number of aryl methyl sites for hydroxylation is 2. The topological polar surface area (TPSA) is 112 Å². The van der Waals surface area contributed by atoms with Gasteiger partial charge in [-0.15, -0.1) is 11.3 Å². The number of nitrogens with zero attached hydrogens (tertiary/aromatic N) is 1. The molecule has 2 heterocycles. The molecule has 0 saturated heterocycles. The van der Waals surface area contributed by atoms with E-state index in [-0.39, 0.29) is 4.21 Å². The van der Waals surface area contributed by atoms with Crippen LogP contribution in [0.25, 0.3) is 0 Å². The van der Waals surface area contributed by atoms with E-state index in [1.54, 1.807) is 13.8 Å². The molecule has 2 aromatic rings. The van der Waals surface area contributed by atoms with Gasteiger partial charge in [0.15, 0.2) is 0 Å². The van der Waals surface area contributed by atoms with Gasteiger partial charge in [0.2, 0.25) is 0 Å². The number of hydrogen-bond acceptors (Lipinski definition) is 5. The van der Waals surface area contributed by atoms with Crippen LogP contribution < -0.4 is 4.72 Å². The quantitative estimate of drug-likeness (QED) is 0.762. The third kappa shape index (κ3) is 3.26. The van der Waals surface area contributed by atoms with Gasteiger partial charge in [0.25, 0.3) is 10.0 Å². The molecule has 21 heavy (non-hydrogen) atoms. The molecule has 0 amide bonds. The molecule has 0 fully saturated rings. The molecule has 2 rings (SSSR count). The monoisotopic (exact) mass is 349 g/mol. The van der Waals surface area contributed by atoms with Gasteiger partial charge in [-0.2, -0.15) is 9.82 Å². The maximum atomic E-state index is 12.2. The Morgan fingerprint density at radius 3 is 2.57 bits per heavy atom. The zero-order valence-electron chi connectivity index (χ0n) is 11.0. The van der Waals surface area contributed by atoms with E-state index in [9.17, 15) is 18.3 Å². The average Bonchev–Trinajstić information content (AvgIpc) is 2.94. The summed E-state index contributed by atoms with van der Waals surface area (Å²) in [6, 6.07) is 1.34. The predicted molar refractivity (Wildman–Crippen MR) is 78.1 cm³/mol. The number of hydrogen-bond donors (Lipinski definition) is 3. The molecule has 0 radical (unpaired) electrons. The van der Waals surface area contributed by atoms with Gasteiger partial charge < -0.3 is 5.11 Å². The molecule has 0 spiro atoms. The summed E-state index contributed by atoms with van der Waals surface area (Å²) in [5.74, 6) is -1.31. The van der Waals surface area contributed by atoms with Crippen molar-refractivity contribution in [3.05, 3.63) is 33.4 Å². The lowest BCUT2D eigenvalue weighted by molar-refractivity contribution is -0.139. The van der Waals surface area contributed by atoms with Crippen LogP contribution in [0.3, 0.4) is 0 Å². The molecule has 0 saturated carbocycles. The van der Waals surface area contributed by atoms with Crippen LogP contribution in [-0.4, -0.2) is 29.7 Å². The van der Waals surface area contributed by atoms with Crippen LogP contribution in [0, 0.1) is 13.8 Å². The van der Waals surface area contributed by atoms with Crippen molar-refractivity contribution in [3.8, 4) is 0 Å². The molecular weight excluding hydrogens is 338 g/mol. The van der Waals surface area contributed by atoms with E-state index in [0.29, 0.717) is 21.3 Å². The molecule has 0 aromatic carbocycles. The van der Waals surface area contributed by atoms with E-state index in [4.69, 9.17) is 11.6 Å². The number of carboxylic acids is 1. The first-order chi connectivity index (χ1) is 9.72. The Kier molecular flexibility index (Phi) is 4.38. The number of nitrogens with one attached hydrogen (secondary N) is 2. The molecule has 0 bridgehead atoms. The van der Waals surface area contributed by atoms with Gasteiger partial charge in [0, 0.05) is 11.3 Å². The molecule has 2 aromatic heterocycles. The van der Waals surface area contributed by atoms with Crippen molar-refractivity contribution >= 4 is 38.9 Å². The molecule has 114 valence electrons. The lowest BCUT2D eigenvalue weighted by atomic mass is 10.1. The maximum Gasteiger partial charge on any atom is 0.326 e. The van der Waals surface area contributed by atoms with Crippen molar-refractivity contribution < 1.29 is 18.3 Å². The number of aromatic nitrogens is 2. The zero-order chi connectivity index (χ0) is 15.8. The lowest BCUT2D eigenvalue weighted by Gasteiger charge is -2.14. The van der Waals surface area contributed by atoms with Gasteiger partial charge in [0.05, 0.1) is 10.0 Å². The summed E-state index contributed by atoms with van der Waals surface area (Å²) in [6.07, 6.45) is 0. The van der Waals surface area contributed by atoms with E-state index >= 15 is 0 Å². The summed E-state index contributed by atoms with van der Waals surface area (Å²) in [4.78, 5) is 11.4. The summed E-state index contributed by atoms with van der Waals surface area (Å²) < 4.78 is 26.9. The number of sulfonamides is 1. The summed E-state index contributed by atoms with van der Waals surface area (Å²) in [7, 11) is -3.98. The van der Waals surface area contributed by atoms with Crippen molar-refractivity contribution in [1.82, 2.24) is 14.9 Å². The van der Waals surface area contributed by atoms with E-state index in [2.05, 4.69) is 14.9 Å². The van der Waals surface area contributed by atoms with Crippen LogP contribution in [0.1, 0.15) is 23.0 Å². The second-order valence-electron chi connectivity index (χ2n) is 4.30. The Hall–Kier alpha value is -1.42. The maximum absolute atomic E-state index is 12.2. The number of thiophene rings is 1. The van der Waals surface area contributed by atoms with Gasteiger partial charge in [-0.25, -0.2) is 8.42 Å². The van der Waals surface area contributed by atoms with Gasteiger partial charge in [0.1, 0.15) is 10.3 Å². The van der Waals surface area contributed by atoms with Crippen molar-refractivity contribution in [2.45, 2.75) is 24.1 Å². The SMILES string of the molecule is Cc1n[nH]c(C)c1[C@@H](NS(=O)(=O)c1ccc(Cl)s1)C(=O)O. The van der Waals surface area contributed by atoms with Crippen molar-refractivity contribution in [2.24, 2.45) is 0 Å². The number of carbonyl (C=O) groups is 1. The Balaban J connectivity index is 2.40. The highest BCUT2D eigenvalue weighted by molar-refractivity contribution is 7.91. The van der Waals surface area contributed by atoms with E-state index < -0.39 is 22.0 Å². The highest BCUT2D eigenvalue weighted by Crippen LogP contribution is 2.28. The van der Waals surface area contributed by atoms with Crippen molar-refractivity contribution in [1.29, 1.82) is 0 Å². The van der Waals surface area contributed by atoms with Crippen LogP contribution in [0.2, 0.25) is 4.34 Å². The van der Waals surface area contributed by atoms with Gasteiger partial charge in [-0.1, -0.05) is 11.6 Å². The van der Waals surface area contributed by atoms with Gasteiger partial charge in [-0.3, -0.25) is 9.89 Å². The number of carboxylic acid groups (broad SMARTS) is 1. The fraction of sp³-hybridized carbons (Fsp3) is 0.273. The number of aliphatic carboxylic acids is 1. The number of H-pyrrole nitrogens is 1. The van der Waals surface area contributed by atoms with Gasteiger partial charge in [-0.05, 0) is 26.0 Å². The minimum Gasteiger partial charge on any atom is -0.480 e. The molecule has 0 unspecified atom stereocenters. The lowest BCUT2D eigenvalue weighted by Crippen LogP contribution is -2.34. The summed E-state index contributed by atoms with van der Waals surface area (Å²) >= 11 is 6.56. The minimum atomic E-state index is -3.98. The van der Waals surface area contributed by atoms with Crippen LogP contribution in [0.4, 0.5) is 0 Å². The Bertz CT molecular complexity index is 762. The fourth-order valence-corrected chi connectivity index (χ4v) is 4.53. The Morgan fingerprint density at radius 1 is 1.48 bits per heavy atom. The van der Waals surface area contributed by atoms with Crippen molar-refractivity contribution in [2.75, 3.05) is 0 Å². The van der Waals surface area contributed by atoms with Crippen LogP contribution in [0.15, 0.2) is 16.3 Å². The van der Waals surface area contributed by atoms with Crippen LogP contribution in [-0.2, 0) is 14.8 Å². The zero-order valence-corrected chi connectivity index (χ0v) is 13.4. The van der Waals surface area contributed by atoms with E-state index in [0.717, 1.165) is 11.3 Å². The van der Waals surface area contributed by atoms with Gasteiger partial charge >= 0.3 is 5.97 Å². The second kappa shape index (κ2) is 5.76. The van der Waals surface area contributed by atoms with Crippen LogP contribution in [0.5, 0.6) is 0 Å². The molecule has 1 atom stereocenters. The second-order valence-corrected chi connectivity index (χ2v) is 7.95. The Morgan fingerprint density at radius 2 is 2.14 bits per heavy atom. The third-order valence-corrected chi connectivity index (χ3v) is 5.95. The molecule has 7 nitrogen and oxygen atoms in total. The molecule has 3 N–H and O–H groups in total. The molecule has 0 aliphatic rings.